The molecule has 0 fully saturated rings. The highest BCUT2D eigenvalue weighted by atomic mass is 14.9. The second kappa shape index (κ2) is 7.11. The molecule has 2 aromatic carbocycles. The number of benzene rings is 2. The van der Waals surface area contributed by atoms with E-state index in [4.69, 9.17) is 0 Å². The maximum absolute atomic E-state index is 3.64. The molecule has 0 aromatic heterocycles. The summed E-state index contributed by atoms with van der Waals surface area (Å²) in [6, 6.07) is 11.1. The van der Waals surface area contributed by atoms with Crippen molar-refractivity contribution < 1.29 is 0 Å². The Morgan fingerprint density at radius 1 is 1.12 bits per heavy atom. The lowest BCUT2D eigenvalue weighted by Crippen LogP contribution is -2.10. The van der Waals surface area contributed by atoms with Gasteiger partial charge in [-0.25, -0.2) is 0 Å². The first-order valence-electron chi connectivity index (χ1n) is 8.93. The maximum atomic E-state index is 3.64. The summed E-state index contributed by atoms with van der Waals surface area (Å²) in [5, 5.41) is 3.64. The van der Waals surface area contributed by atoms with Crippen molar-refractivity contribution in [3.63, 3.8) is 0 Å². The van der Waals surface area contributed by atoms with Gasteiger partial charge in [0.1, 0.15) is 0 Å². The van der Waals surface area contributed by atoms with Gasteiger partial charge in [-0.2, -0.15) is 0 Å². The molecule has 0 spiro atoms. The largest absolute Gasteiger partial charge is 0.384 e. The Labute approximate surface area is 146 Å². The number of fused-ring (bicyclic) bond motifs is 2. The fourth-order valence-corrected chi connectivity index (χ4v) is 3.59. The van der Waals surface area contributed by atoms with Crippen molar-refractivity contribution in [2.24, 2.45) is 5.92 Å². The van der Waals surface area contributed by atoms with E-state index in [-0.39, 0.29) is 0 Å². The van der Waals surface area contributed by atoms with Crippen molar-refractivity contribution in [1.29, 1.82) is 0 Å². The van der Waals surface area contributed by atoms with Crippen molar-refractivity contribution in [3.05, 3.63) is 69.4 Å². The number of hydrogen-bond acceptors (Lipinski definition) is 1. The molecule has 1 N–H and O–H groups in total. The number of aryl methyl sites for hydroxylation is 2. The lowest BCUT2D eigenvalue weighted by atomic mass is 9.94. The summed E-state index contributed by atoms with van der Waals surface area (Å²) < 4.78 is 0. The molecule has 0 unspecified atom stereocenters. The molecule has 0 radical (unpaired) electrons. The van der Waals surface area contributed by atoms with Crippen LogP contribution in [0.1, 0.15) is 47.2 Å². The second-order valence-electron chi connectivity index (χ2n) is 7.26. The number of hydrogen-bond donors (Lipinski definition) is 1. The monoisotopic (exact) mass is 317 g/mol. The molecule has 0 bridgehead atoms. The summed E-state index contributed by atoms with van der Waals surface area (Å²) in [6.45, 7) is 9.88. The van der Waals surface area contributed by atoms with Crippen LogP contribution < -0.4 is 5.32 Å². The normalized spacial score (nSPS) is 13.4. The van der Waals surface area contributed by atoms with Gasteiger partial charge < -0.3 is 5.32 Å². The van der Waals surface area contributed by atoms with Gasteiger partial charge in [0.2, 0.25) is 0 Å². The molecule has 1 heteroatoms. The predicted molar refractivity (Wildman–Crippen MR) is 106 cm³/mol. The molecule has 2 aromatic rings. The first kappa shape index (κ1) is 16.6. The van der Waals surface area contributed by atoms with E-state index in [1.807, 2.05) is 0 Å². The first-order chi connectivity index (χ1) is 11.5. The molecule has 3 rings (SSSR count). The molecule has 1 aliphatic rings. The Morgan fingerprint density at radius 3 is 2.75 bits per heavy atom. The summed E-state index contributed by atoms with van der Waals surface area (Å²) in [7, 11) is 0. The molecule has 0 atom stereocenters. The van der Waals surface area contributed by atoms with E-state index in [2.05, 4.69) is 81.2 Å². The molecule has 0 saturated heterocycles. The van der Waals surface area contributed by atoms with Gasteiger partial charge >= 0.3 is 0 Å². The van der Waals surface area contributed by atoms with Crippen LogP contribution in [-0.4, -0.2) is 6.54 Å². The highest BCUT2D eigenvalue weighted by Crippen LogP contribution is 2.26. The number of rotatable bonds is 2. The molecule has 0 saturated carbocycles. The van der Waals surface area contributed by atoms with Crippen LogP contribution in [-0.2, 0) is 12.8 Å². The average molecular weight is 317 g/mol. The summed E-state index contributed by atoms with van der Waals surface area (Å²) in [4.78, 5) is 0. The van der Waals surface area contributed by atoms with Gasteiger partial charge in [0, 0.05) is 17.8 Å². The van der Waals surface area contributed by atoms with Crippen molar-refractivity contribution in [1.82, 2.24) is 0 Å². The van der Waals surface area contributed by atoms with Crippen LogP contribution in [0.5, 0.6) is 0 Å². The summed E-state index contributed by atoms with van der Waals surface area (Å²) in [5.74, 6) is 0.648. The quantitative estimate of drug-likeness (QED) is 0.691. The molecule has 24 heavy (non-hydrogen) atoms. The maximum Gasteiger partial charge on any atom is 0.0422 e. The zero-order valence-electron chi connectivity index (χ0n) is 15.2. The predicted octanol–water partition coefficient (Wildman–Crippen LogP) is 5.80. The van der Waals surface area contributed by atoms with Gasteiger partial charge in [-0.1, -0.05) is 43.7 Å². The minimum absolute atomic E-state index is 0.648. The number of anilines is 1. The van der Waals surface area contributed by atoms with E-state index < -0.39 is 0 Å². The average Bonchev–Trinajstić information content (AvgIpc) is 2.51. The van der Waals surface area contributed by atoms with E-state index in [0.29, 0.717) is 5.92 Å². The number of nitrogens with one attached hydrogen (secondary N) is 1. The van der Waals surface area contributed by atoms with Gasteiger partial charge in [0.05, 0.1) is 0 Å². The second-order valence-corrected chi connectivity index (χ2v) is 7.26. The highest BCUT2D eigenvalue weighted by molar-refractivity contribution is 5.72. The zero-order valence-corrected chi connectivity index (χ0v) is 15.2. The lowest BCUT2D eigenvalue weighted by Gasteiger charge is -2.17. The zero-order chi connectivity index (χ0) is 17.1. The molecular formula is C23H27N. The molecule has 1 nitrogen and oxygen atoms in total. The lowest BCUT2D eigenvalue weighted by molar-refractivity contribution is 0.647. The minimum Gasteiger partial charge on any atom is -0.384 e. The van der Waals surface area contributed by atoms with E-state index in [9.17, 15) is 0 Å². The molecule has 1 heterocycles. The fraction of sp³-hybridized carbons (Fsp3) is 0.348. The third kappa shape index (κ3) is 3.63. The molecule has 0 amide bonds. The highest BCUT2D eigenvalue weighted by Gasteiger charge is 2.10. The first-order valence-corrected chi connectivity index (χ1v) is 8.93. The topological polar surface area (TPSA) is 12.0 Å². The molecule has 1 aliphatic heterocycles. The van der Waals surface area contributed by atoms with Crippen LogP contribution in [0.3, 0.4) is 0 Å². The van der Waals surface area contributed by atoms with Gasteiger partial charge in [-0.15, -0.1) is 5.73 Å². The van der Waals surface area contributed by atoms with Crippen LogP contribution in [0.15, 0.2) is 36.1 Å². The van der Waals surface area contributed by atoms with Crippen molar-refractivity contribution >= 4 is 17.8 Å². The summed E-state index contributed by atoms with van der Waals surface area (Å²) in [5.41, 5.74) is 12.8. The SMILES string of the molecule is Cc1cc(C)c2c(c1)C=C=Cc1c(CC(C)C)cccc1NCC2. The van der Waals surface area contributed by atoms with Crippen molar-refractivity contribution in [2.45, 2.75) is 40.5 Å². The van der Waals surface area contributed by atoms with Crippen LogP contribution in [0.2, 0.25) is 0 Å². The Bertz CT molecular complexity index is 805. The van der Waals surface area contributed by atoms with E-state index >= 15 is 0 Å². The van der Waals surface area contributed by atoms with E-state index in [0.717, 1.165) is 19.4 Å². The third-order valence-corrected chi connectivity index (χ3v) is 4.63. The van der Waals surface area contributed by atoms with Crippen LogP contribution in [0.25, 0.3) is 12.2 Å². The van der Waals surface area contributed by atoms with Crippen molar-refractivity contribution in [2.75, 3.05) is 11.9 Å². The van der Waals surface area contributed by atoms with Crippen LogP contribution in [0.4, 0.5) is 5.69 Å². The van der Waals surface area contributed by atoms with Crippen LogP contribution in [0, 0.1) is 19.8 Å². The molecular weight excluding hydrogens is 290 g/mol. The Morgan fingerprint density at radius 2 is 1.96 bits per heavy atom. The standard InChI is InChI=1S/C23H27N/c1-16(2)13-19-8-6-10-23-22(19)9-5-7-20-15-17(3)14-18(4)21(20)11-12-24-23/h6-10,14-16,24H,11-13H2,1-4H3. The smallest absolute Gasteiger partial charge is 0.0422 e. The Hall–Kier alpha value is -2.24. The minimum atomic E-state index is 0.648. The Kier molecular flexibility index (Phi) is 4.92. The van der Waals surface area contributed by atoms with Gasteiger partial charge in [-0.05, 0) is 73.1 Å². The molecule has 0 aliphatic carbocycles. The van der Waals surface area contributed by atoms with Gasteiger partial charge in [0.25, 0.3) is 0 Å². The van der Waals surface area contributed by atoms with E-state index in [1.54, 1.807) is 0 Å². The summed E-state index contributed by atoms with van der Waals surface area (Å²) in [6.07, 6.45) is 6.43. The fourth-order valence-electron chi connectivity index (χ4n) is 3.59. The Balaban J connectivity index is 2.09. The van der Waals surface area contributed by atoms with Crippen molar-refractivity contribution in [3.8, 4) is 0 Å². The van der Waals surface area contributed by atoms with Crippen LogP contribution >= 0.6 is 0 Å². The third-order valence-electron chi connectivity index (χ3n) is 4.63. The van der Waals surface area contributed by atoms with Gasteiger partial charge in [-0.3, -0.25) is 0 Å². The summed E-state index contributed by atoms with van der Waals surface area (Å²) >= 11 is 0. The van der Waals surface area contributed by atoms with E-state index in [1.165, 1.54) is 39.1 Å². The molecule has 124 valence electrons. The van der Waals surface area contributed by atoms with Gasteiger partial charge in [0.15, 0.2) is 0 Å².